The molecule has 3 aromatic carbocycles. The number of benzene rings is 3. The van der Waals surface area contributed by atoms with Crippen LogP contribution in [0.5, 0.6) is 0 Å². The van der Waals surface area contributed by atoms with Gasteiger partial charge in [-0.2, -0.15) is 0 Å². The van der Waals surface area contributed by atoms with Crippen molar-refractivity contribution in [1.29, 1.82) is 0 Å². The van der Waals surface area contributed by atoms with Crippen LogP contribution >= 0.6 is 15.9 Å². The van der Waals surface area contributed by atoms with Crippen molar-refractivity contribution in [2.24, 2.45) is 0 Å². The molecule has 4 rings (SSSR count). The summed E-state index contributed by atoms with van der Waals surface area (Å²) < 4.78 is 2.46. The lowest BCUT2D eigenvalue weighted by Crippen LogP contribution is -2.36. The number of hydrogen-bond donors (Lipinski definition) is 0. The number of para-hydroxylation sites is 2. The van der Waals surface area contributed by atoms with Crippen LogP contribution < -0.4 is 5.56 Å². The Hall–Kier alpha value is -3.25. The smallest absolute Gasteiger partial charge is 0.266 e. The highest BCUT2D eigenvalue weighted by molar-refractivity contribution is 9.10. The molecular weight excluding hydrogens is 454 g/mol. The third-order valence-electron chi connectivity index (χ3n) is 5.36. The fourth-order valence-electron chi connectivity index (χ4n) is 3.80. The third kappa shape index (κ3) is 4.03. The molecule has 1 atom stereocenters. The Kier molecular flexibility index (Phi) is 6.00. The second-order valence-corrected chi connectivity index (χ2v) is 8.23. The van der Waals surface area contributed by atoms with Gasteiger partial charge in [-0.05, 0) is 48.9 Å². The van der Waals surface area contributed by atoms with E-state index in [-0.39, 0.29) is 17.5 Å². The first-order valence-corrected chi connectivity index (χ1v) is 10.9. The molecule has 1 amide bonds. The second-order valence-electron chi connectivity index (χ2n) is 7.31. The number of amides is 1. The highest BCUT2D eigenvalue weighted by Crippen LogP contribution is 2.26. The van der Waals surface area contributed by atoms with Gasteiger partial charge in [-0.1, -0.05) is 59.3 Å². The lowest BCUT2D eigenvalue weighted by atomic mass is 10.1. The predicted octanol–water partition coefficient (Wildman–Crippen LogP) is 5.37. The number of aromatic nitrogens is 2. The van der Waals surface area contributed by atoms with E-state index >= 15 is 0 Å². The van der Waals surface area contributed by atoms with Gasteiger partial charge in [0.05, 0.1) is 22.6 Å². The average Bonchev–Trinajstić information content (AvgIpc) is 2.80. The molecule has 31 heavy (non-hydrogen) atoms. The highest BCUT2D eigenvalue weighted by atomic mass is 79.9. The maximum atomic E-state index is 13.5. The van der Waals surface area contributed by atoms with Gasteiger partial charge in [-0.25, -0.2) is 4.98 Å². The van der Waals surface area contributed by atoms with Crippen LogP contribution in [-0.4, -0.2) is 27.4 Å². The number of halogens is 1. The van der Waals surface area contributed by atoms with Gasteiger partial charge in [0, 0.05) is 17.1 Å². The van der Waals surface area contributed by atoms with Crippen LogP contribution in [0.4, 0.5) is 0 Å². The average molecular weight is 476 g/mol. The van der Waals surface area contributed by atoms with Gasteiger partial charge in [-0.15, -0.1) is 0 Å². The monoisotopic (exact) mass is 475 g/mol. The van der Waals surface area contributed by atoms with Crippen LogP contribution in [0.15, 0.2) is 88.1 Å². The zero-order chi connectivity index (χ0) is 22.0. The predicted molar refractivity (Wildman–Crippen MR) is 127 cm³/mol. The van der Waals surface area contributed by atoms with E-state index in [1.54, 1.807) is 34.7 Å². The summed E-state index contributed by atoms with van der Waals surface area (Å²) >= 11 is 3.43. The Bertz CT molecular complexity index is 1300. The molecule has 0 aliphatic rings. The van der Waals surface area contributed by atoms with Crippen molar-refractivity contribution in [3.05, 3.63) is 105 Å². The Labute approximate surface area is 189 Å². The summed E-state index contributed by atoms with van der Waals surface area (Å²) in [5.74, 6) is 0.415. The SMILES string of the molecule is CCC(c1nc2ccccc2c(=O)n1-c1ccccc1)N(C)C(=O)c1cccc(Br)c1. The van der Waals surface area contributed by atoms with E-state index in [1.807, 2.05) is 67.6 Å². The van der Waals surface area contributed by atoms with Crippen molar-refractivity contribution in [1.82, 2.24) is 14.5 Å². The van der Waals surface area contributed by atoms with E-state index in [0.717, 1.165) is 10.2 Å². The Balaban J connectivity index is 1.90. The topological polar surface area (TPSA) is 55.2 Å². The zero-order valence-electron chi connectivity index (χ0n) is 17.3. The molecule has 0 radical (unpaired) electrons. The highest BCUT2D eigenvalue weighted by Gasteiger charge is 2.27. The van der Waals surface area contributed by atoms with E-state index in [1.165, 1.54) is 0 Å². The summed E-state index contributed by atoms with van der Waals surface area (Å²) in [5.41, 5.74) is 1.78. The summed E-state index contributed by atoms with van der Waals surface area (Å²) in [4.78, 5) is 33.3. The van der Waals surface area contributed by atoms with Gasteiger partial charge in [0.2, 0.25) is 0 Å². The van der Waals surface area contributed by atoms with Crippen molar-refractivity contribution in [3.63, 3.8) is 0 Å². The van der Waals surface area contributed by atoms with Crippen LogP contribution in [0.25, 0.3) is 16.6 Å². The number of hydrogen-bond acceptors (Lipinski definition) is 3. The first kappa shape index (κ1) is 21.0. The first-order valence-electron chi connectivity index (χ1n) is 10.1. The van der Waals surface area contributed by atoms with Gasteiger partial charge in [0.1, 0.15) is 5.82 Å². The minimum atomic E-state index is -0.385. The fourth-order valence-corrected chi connectivity index (χ4v) is 4.20. The third-order valence-corrected chi connectivity index (χ3v) is 5.85. The number of nitrogens with zero attached hydrogens (tertiary/aromatic N) is 3. The van der Waals surface area contributed by atoms with Crippen LogP contribution in [-0.2, 0) is 0 Å². The molecule has 1 heterocycles. The lowest BCUT2D eigenvalue weighted by Gasteiger charge is -2.29. The van der Waals surface area contributed by atoms with E-state index in [2.05, 4.69) is 15.9 Å². The van der Waals surface area contributed by atoms with Crippen molar-refractivity contribution in [2.45, 2.75) is 19.4 Å². The number of carbonyl (C=O) groups is 1. The summed E-state index contributed by atoms with van der Waals surface area (Å²) in [7, 11) is 1.76. The van der Waals surface area contributed by atoms with Gasteiger partial charge < -0.3 is 4.90 Å². The second kappa shape index (κ2) is 8.86. The van der Waals surface area contributed by atoms with Gasteiger partial charge in [0.15, 0.2) is 0 Å². The molecule has 0 fully saturated rings. The molecule has 0 aliphatic heterocycles. The van der Waals surface area contributed by atoms with Crippen molar-refractivity contribution in [2.75, 3.05) is 7.05 Å². The largest absolute Gasteiger partial charge is 0.332 e. The molecule has 0 aliphatic carbocycles. The van der Waals surface area contributed by atoms with Crippen molar-refractivity contribution >= 4 is 32.7 Å². The Morgan fingerprint density at radius 2 is 1.74 bits per heavy atom. The number of carbonyl (C=O) groups excluding carboxylic acids is 1. The minimum absolute atomic E-state index is 0.129. The van der Waals surface area contributed by atoms with Gasteiger partial charge in [-0.3, -0.25) is 14.2 Å². The molecule has 0 spiro atoms. The van der Waals surface area contributed by atoms with E-state index < -0.39 is 0 Å². The van der Waals surface area contributed by atoms with E-state index in [4.69, 9.17) is 4.98 Å². The quantitative estimate of drug-likeness (QED) is 0.389. The number of fused-ring (bicyclic) bond motifs is 1. The van der Waals surface area contributed by atoms with E-state index in [9.17, 15) is 9.59 Å². The molecule has 0 saturated heterocycles. The lowest BCUT2D eigenvalue weighted by molar-refractivity contribution is 0.0717. The van der Waals surface area contributed by atoms with Crippen LogP contribution in [0.1, 0.15) is 35.6 Å². The summed E-state index contributed by atoms with van der Waals surface area (Å²) in [6, 6.07) is 23.7. The number of rotatable bonds is 5. The molecule has 1 unspecified atom stereocenters. The summed E-state index contributed by atoms with van der Waals surface area (Å²) in [6.07, 6.45) is 0.605. The molecule has 0 bridgehead atoms. The maximum Gasteiger partial charge on any atom is 0.266 e. The zero-order valence-corrected chi connectivity index (χ0v) is 18.9. The van der Waals surface area contributed by atoms with Crippen molar-refractivity contribution in [3.8, 4) is 5.69 Å². The van der Waals surface area contributed by atoms with Crippen molar-refractivity contribution < 1.29 is 4.79 Å². The minimum Gasteiger partial charge on any atom is -0.332 e. The maximum absolute atomic E-state index is 13.5. The molecule has 0 N–H and O–H groups in total. The van der Waals surface area contributed by atoms with E-state index in [0.29, 0.717) is 28.7 Å². The molecule has 6 heteroatoms. The standard InChI is InChI=1S/C25H22BrN3O2/c1-3-22(28(2)24(30)17-10-9-11-18(26)16-17)23-27-21-15-8-7-14-20(21)25(31)29(23)19-12-5-4-6-13-19/h4-16,22H,3H2,1-2H3. The summed E-state index contributed by atoms with van der Waals surface area (Å²) in [5, 5.41) is 0.547. The Morgan fingerprint density at radius 3 is 2.45 bits per heavy atom. The van der Waals surface area contributed by atoms with Gasteiger partial charge in [0.25, 0.3) is 11.5 Å². The fraction of sp³-hybridized carbons (Fsp3) is 0.160. The van der Waals surface area contributed by atoms with Gasteiger partial charge >= 0.3 is 0 Å². The molecule has 0 saturated carbocycles. The Morgan fingerprint density at radius 1 is 1.03 bits per heavy atom. The van der Waals surface area contributed by atoms with Crippen LogP contribution in [0, 0.1) is 0 Å². The molecule has 1 aromatic heterocycles. The molecule has 156 valence electrons. The molecular formula is C25H22BrN3O2. The van der Waals surface area contributed by atoms with Crippen LogP contribution in [0.3, 0.4) is 0 Å². The van der Waals surface area contributed by atoms with Crippen LogP contribution in [0.2, 0.25) is 0 Å². The first-order chi connectivity index (χ1) is 15.0. The molecule has 5 nitrogen and oxygen atoms in total. The molecule has 4 aromatic rings. The summed E-state index contributed by atoms with van der Waals surface area (Å²) in [6.45, 7) is 1.99. The normalized spacial score (nSPS) is 12.0.